The van der Waals surface area contributed by atoms with E-state index in [2.05, 4.69) is 10.1 Å². The van der Waals surface area contributed by atoms with Crippen molar-refractivity contribution in [1.29, 1.82) is 0 Å². The SMILES string of the molecule is CC(=O)c1cccc(C(=O)N2CCC(c3nc(-c4ccc5c(c4)OCO5)no3)CC2)c1. The van der Waals surface area contributed by atoms with Crippen molar-refractivity contribution >= 4 is 11.7 Å². The van der Waals surface area contributed by atoms with Crippen molar-refractivity contribution in [3.8, 4) is 22.9 Å². The first-order valence-corrected chi connectivity index (χ1v) is 10.2. The highest BCUT2D eigenvalue weighted by molar-refractivity contribution is 5.99. The van der Waals surface area contributed by atoms with Gasteiger partial charge in [0.2, 0.25) is 18.5 Å². The fourth-order valence-electron chi connectivity index (χ4n) is 3.94. The predicted molar refractivity (Wildman–Crippen MR) is 110 cm³/mol. The van der Waals surface area contributed by atoms with E-state index in [9.17, 15) is 9.59 Å². The number of hydrogen-bond acceptors (Lipinski definition) is 7. The molecule has 1 saturated heterocycles. The van der Waals surface area contributed by atoms with E-state index in [1.807, 2.05) is 23.1 Å². The Hall–Kier alpha value is -3.68. The summed E-state index contributed by atoms with van der Waals surface area (Å²) in [5.41, 5.74) is 1.88. The van der Waals surface area contributed by atoms with Crippen molar-refractivity contribution in [3.05, 3.63) is 59.5 Å². The van der Waals surface area contributed by atoms with Gasteiger partial charge in [0.1, 0.15) is 0 Å². The van der Waals surface area contributed by atoms with Gasteiger partial charge in [-0.15, -0.1) is 0 Å². The minimum Gasteiger partial charge on any atom is -0.454 e. The summed E-state index contributed by atoms with van der Waals surface area (Å²) < 4.78 is 16.3. The zero-order chi connectivity index (χ0) is 21.4. The van der Waals surface area contributed by atoms with Crippen LogP contribution in [0.1, 0.15) is 52.3 Å². The molecule has 5 rings (SSSR count). The Morgan fingerprint density at radius 1 is 1.00 bits per heavy atom. The number of likely N-dealkylation sites (tertiary alicyclic amines) is 1. The lowest BCUT2D eigenvalue weighted by Gasteiger charge is -2.30. The van der Waals surface area contributed by atoms with E-state index < -0.39 is 0 Å². The molecule has 3 aromatic rings. The molecule has 2 aliphatic rings. The highest BCUT2D eigenvalue weighted by Crippen LogP contribution is 2.36. The fraction of sp³-hybridized carbons (Fsp3) is 0.304. The predicted octanol–water partition coefficient (Wildman–Crippen LogP) is 3.69. The summed E-state index contributed by atoms with van der Waals surface area (Å²) in [5.74, 6) is 2.45. The van der Waals surface area contributed by atoms with Crippen LogP contribution in [0.25, 0.3) is 11.4 Å². The number of piperidine rings is 1. The lowest BCUT2D eigenvalue weighted by Crippen LogP contribution is -2.38. The van der Waals surface area contributed by atoms with Gasteiger partial charge in [-0.25, -0.2) is 0 Å². The van der Waals surface area contributed by atoms with Crippen LogP contribution in [-0.2, 0) is 0 Å². The van der Waals surface area contributed by atoms with Gasteiger partial charge in [0.15, 0.2) is 17.3 Å². The third kappa shape index (κ3) is 3.76. The fourth-order valence-corrected chi connectivity index (χ4v) is 3.94. The second-order valence-electron chi connectivity index (χ2n) is 7.73. The third-order valence-corrected chi connectivity index (χ3v) is 5.72. The molecule has 158 valence electrons. The van der Waals surface area contributed by atoms with E-state index in [4.69, 9.17) is 14.0 Å². The summed E-state index contributed by atoms with van der Waals surface area (Å²) in [5, 5.41) is 4.12. The Morgan fingerprint density at radius 3 is 2.58 bits per heavy atom. The number of aromatic nitrogens is 2. The van der Waals surface area contributed by atoms with Crippen LogP contribution in [0, 0.1) is 0 Å². The van der Waals surface area contributed by atoms with E-state index in [1.54, 1.807) is 24.3 Å². The van der Waals surface area contributed by atoms with Crippen LogP contribution in [0.2, 0.25) is 0 Å². The number of Topliss-reactive ketones (excluding diaryl/α,β-unsaturated/α-hetero) is 1. The molecule has 0 unspecified atom stereocenters. The second-order valence-corrected chi connectivity index (χ2v) is 7.73. The number of hydrogen-bond donors (Lipinski definition) is 0. The first-order chi connectivity index (χ1) is 15.1. The Balaban J connectivity index is 1.24. The number of amides is 1. The molecule has 3 heterocycles. The Kier molecular flexibility index (Phi) is 4.89. The normalized spacial score (nSPS) is 15.8. The maximum Gasteiger partial charge on any atom is 0.253 e. The molecule has 0 atom stereocenters. The zero-order valence-electron chi connectivity index (χ0n) is 17.0. The summed E-state index contributed by atoms with van der Waals surface area (Å²) in [6.45, 7) is 2.90. The van der Waals surface area contributed by atoms with Gasteiger partial charge in [-0.2, -0.15) is 4.98 Å². The molecule has 0 radical (unpaired) electrons. The Bertz CT molecular complexity index is 1150. The summed E-state index contributed by atoms with van der Waals surface area (Å²) in [7, 11) is 0. The van der Waals surface area contributed by atoms with E-state index in [-0.39, 0.29) is 24.4 Å². The van der Waals surface area contributed by atoms with Gasteiger partial charge in [-0.1, -0.05) is 17.3 Å². The number of rotatable bonds is 4. The smallest absolute Gasteiger partial charge is 0.253 e. The van der Waals surface area contributed by atoms with E-state index in [0.717, 1.165) is 18.4 Å². The molecule has 1 aromatic heterocycles. The largest absolute Gasteiger partial charge is 0.454 e. The average Bonchev–Trinajstić information content (AvgIpc) is 3.48. The van der Waals surface area contributed by atoms with Gasteiger partial charge in [0, 0.05) is 35.7 Å². The van der Waals surface area contributed by atoms with Gasteiger partial charge in [-0.3, -0.25) is 9.59 Å². The van der Waals surface area contributed by atoms with Crippen molar-refractivity contribution in [2.75, 3.05) is 19.9 Å². The van der Waals surface area contributed by atoms with Crippen LogP contribution >= 0.6 is 0 Å². The maximum atomic E-state index is 12.8. The molecule has 31 heavy (non-hydrogen) atoms. The molecule has 0 aliphatic carbocycles. The Labute approximate surface area is 178 Å². The standard InChI is InChI=1S/C23H21N3O5/c1-14(27)16-3-2-4-18(11-16)23(28)26-9-7-15(8-10-26)22-24-21(25-31-22)17-5-6-19-20(12-17)30-13-29-19/h2-6,11-12,15H,7-10,13H2,1H3. The molecule has 8 nitrogen and oxygen atoms in total. The van der Waals surface area contributed by atoms with E-state index >= 15 is 0 Å². The van der Waals surface area contributed by atoms with E-state index in [0.29, 0.717) is 47.4 Å². The maximum absolute atomic E-state index is 12.8. The zero-order valence-corrected chi connectivity index (χ0v) is 17.0. The number of nitrogens with zero attached hydrogens (tertiary/aromatic N) is 3. The highest BCUT2D eigenvalue weighted by atomic mass is 16.7. The van der Waals surface area contributed by atoms with Crippen molar-refractivity contribution < 1.29 is 23.6 Å². The summed E-state index contributed by atoms with van der Waals surface area (Å²) in [4.78, 5) is 30.8. The minimum absolute atomic E-state index is 0.0528. The number of carbonyl (C=O) groups is 2. The monoisotopic (exact) mass is 419 g/mol. The topological polar surface area (TPSA) is 94.8 Å². The molecule has 0 spiro atoms. The first-order valence-electron chi connectivity index (χ1n) is 10.2. The van der Waals surface area contributed by atoms with Gasteiger partial charge >= 0.3 is 0 Å². The highest BCUT2D eigenvalue weighted by Gasteiger charge is 2.28. The minimum atomic E-state index is -0.0619. The van der Waals surface area contributed by atoms with Crippen LogP contribution in [0.5, 0.6) is 11.5 Å². The molecular formula is C23H21N3O5. The number of carbonyl (C=O) groups excluding carboxylic acids is 2. The molecule has 0 N–H and O–H groups in total. The van der Waals surface area contributed by atoms with Gasteiger partial charge in [0.25, 0.3) is 5.91 Å². The molecule has 2 aliphatic heterocycles. The second kappa shape index (κ2) is 7.86. The van der Waals surface area contributed by atoms with Gasteiger partial charge < -0.3 is 18.9 Å². The van der Waals surface area contributed by atoms with Crippen LogP contribution in [0.15, 0.2) is 47.0 Å². The molecule has 2 aromatic carbocycles. The quantitative estimate of drug-likeness (QED) is 0.595. The van der Waals surface area contributed by atoms with Gasteiger partial charge in [-0.05, 0) is 50.1 Å². The van der Waals surface area contributed by atoms with E-state index in [1.165, 1.54) is 6.92 Å². The van der Waals surface area contributed by atoms with Crippen LogP contribution in [0.3, 0.4) is 0 Å². The number of ketones is 1. The summed E-state index contributed by atoms with van der Waals surface area (Å²) in [6, 6.07) is 12.4. The lowest BCUT2D eigenvalue weighted by molar-refractivity contribution is 0.0704. The summed E-state index contributed by atoms with van der Waals surface area (Å²) in [6.07, 6.45) is 1.47. The molecule has 8 heteroatoms. The van der Waals surface area contributed by atoms with Crippen molar-refractivity contribution in [2.45, 2.75) is 25.7 Å². The Morgan fingerprint density at radius 2 is 1.77 bits per heavy atom. The van der Waals surface area contributed by atoms with Crippen molar-refractivity contribution in [1.82, 2.24) is 15.0 Å². The molecule has 0 bridgehead atoms. The molecule has 1 fully saturated rings. The number of ether oxygens (including phenoxy) is 2. The number of fused-ring (bicyclic) bond motifs is 1. The molecule has 0 saturated carbocycles. The third-order valence-electron chi connectivity index (χ3n) is 5.72. The first kappa shape index (κ1) is 19.3. The van der Waals surface area contributed by atoms with Crippen molar-refractivity contribution in [3.63, 3.8) is 0 Å². The average molecular weight is 419 g/mol. The van der Waals surface area contributed by atoms with Crippen LogP contribution in [-0.4, -0.2) is 46.6 Å². The lowest BCUT2D eigenvalue weighted by atomic mass is 9.96. The van der Waals surface area contributed by atoms with Gasteiger partial charge in [0.05, 0.1) is 0 Å². The van der Waals surface area contributed by atoms with Crippen molar-refractivity contribution in [2.24, 2.45) is 0 Å². The van der Waals surface area contributed by atoms with Crippen LogP contribution < -0.4 is 9.47 Å². The number of benzene rings is 2. The van der Waals surface area contributed by atoms with Crippen LogP contribution in [0.4, 0.5) is 0 Å². The molecular weight excluding hydrogens is 398 g/mol. The summed E-state index contributed by atoms with van der Waals surface area (Å²) >= 11 is 0. The molecule has 1 amide bonds.